The Morgan fingerprint density at radius 2 is 1.92 bits per heavy atom. The highest BCUT2D eigenvalue weighted by atomic mass is 28.4. The lowest BCUT2D eigenvalue weighted by molar-refractivity contribution is -0.133. The lowest BCUT2D eigenvalue weighted by atomic mass is 9.99. The number of rotatable bonds is 8. The molecular formula is C19H34O4Si. The van der Waals surface area contributed by atoms with Crippen molar-refractivity contribution < 1.29 is 19.1 Å². The molecule has 5 heteroatoms. The minimum absolute atomic E-state index is 0.133. The Morgan fingerprint density at radius 1 is 1.33 bits per heavy atom. The standard InChI is InChI=1S/C19H34O4Si/c1-15(2)19(4,5)24(7,8)23-14-17(20)16(3)12-10-9-11-13-18(21)22-6/h12,15,17,20H,9-10,14H2,1-8H3/b16-12-/t17-/m1/s1. The number of hydrogen-bond acceptors (Lipinski definition) is 4. The summed E-state index contributed by atoms with van der Waals surface area (Å²) in [5.41, 5.74) is 0.877. The molecule has 0 aliphatic heterocycles. The lowest BCUT2D eigenvalue weighted by Gasteiger charge is -2.42. The summed E-state index contributed by atoms with van der Waals surface area (Å²) >= 11 is 0. The topological polar surface area (TPSA) is 55.8 Å². The average molecular weight is 355 g/mol. The van der Waals surface area contributed by atoms with Gasteiger partial charge in [-0.1, -0.05) is 39.7 Å². The molecule has 0 aliphatic carbocycles. The highest BCUT2D eigenvalue weighted by molar-refractivity contribution is 6.74. The van der Waals surface area contributed by atoms with Crippen molar-refractivity contribution in [3.05, 3.63) is 11.6 Å². The van der Waals surface area contributed by atoms with E-state index in [1.165, 1.54) is 7.11 Å². The zero-order valence-electron chi connectivity index (χ0n) is 16.5. The van der Waals surface area contributed by atoms with E-state index >= 15 is 0 Å². The van der Waals surface area contributed by atoms with E-state index in [9.17, 15) is 9.90 Å². The molecule has 0 fully saturated rings. The number of carbonyl (C=O) groups excluding carboxylic acids is 1. The Morgan fingerprint density at radius 3 is 2.42 bits per heavy atom. The predicted molar refractivity (Wildman–Crippen MR) is 101 cm³/mol. The van der Waals surface area contributed by atoms with E-state index in [-0.39, 0.29) is 5.04 Å². The summed E-state index contributed by atoms with van der Waals surface area (Å²) in [6.45, 7) is 15.6. The number of ether oxygens (including phenoxy) is 1. The highest BCUT2D eigenvalue weighted by Gasteiger charge is 2.43. The minimum atomic E-state index is -1.92. The van der Waals surface area contributed by atoms with Crippen LogP contribution >= 0.6 is 0 Å². The minimum Gasteiger partial charge on any atom is -0.459 e. The van der Waals surface area contributed by atoms with E-state index < -0.39 is 20.4 Å². The third kappa shape index (κ3) is 7.21. The molecule has 1 atom stereocenters. The zero-order chi connectivity index (χ0) is 19.0. The van der Waals surface area contributed by atoms with Crippen LogP contribution in [0.25, 0.3) is 0 Å². The molecule has 24 heavy (non-hydrogen) atoms. The molecule has 4 nitrogen and oxygen atoms in total. The van der Waals surface area contributed by atoms with Gasteiger partial charge in [-0.3, -0.25) is 0 Å². The molecule has 0 heterocycles. The molecule has 0 aromatic carbocycles. The van der Waals surface area contributed by atoms with E-state index in [1.54, 1.807) is 0 Å². The van der Waals surface area contributed by atoms with Crippen molar-refractivity contribution in [3.63, 3.8) is 0 Å². The molecule has 0 aliphatic rings. The smallest absolute Gasteiger partial charge is 0.384 e. The van der Waals surface area contributed by atoms with Gasteiger partial charge in [0.15, 0.2) is 8.32 Å². The first-order chi connectivity index (χ1) is 11.0. The maximum Gasteiger partial charge on any atom is 0.384 e. The first-order valence-electron chi connectivity index (χ1n) is 8.51. The number of aliphatic hydroxyl groups is 1. The molecule has 138 valence electrons. The van der Waals surface area contributed by atoms with Gasteiger partial charge in [0, 0.05) is 12.3 Å². The second-order valence-corrected chi connectivity index (χ2v) is 12.1. The number of aliphatic hydroxyl groups excluding tert-OH is 1. The number of carbonyl (C=O) groups is 1. The Hall–Kier alpha value is -1.09. The van der Waals surface area contributed by atoms with Gasteiger partial charge < -0.3 is 14.3 Å². The number of esters is 1. The van der Waals surface area contributed by atoms with Gasteiger partial charge in [-0.15, -0.1) is 0 Å². The van der Waals surface area contributed by atoms with Crippen LogP contribution in [0, 0.1) is 17.8 Å². The lowest BCUT2D eigenvalue weighted by Crippen LogP contribution is -2.46. The fraction of sp³-hybridized carbons (Fsp3) is 0.737. The highest BCUT2D eigenvalue weighted by Crippen LogP contribution is 2.44. The second kappa shape index (κ2) is 10.0. The van der Waals surface area contributed by atoms with Gasteiger partial charge in [0.2, 0.25) is 0 Å². The molecule has 0 saturated carbocycles. The number of hydrogen-bond donors (Lipinski definition) is 1. The molecule has 0 bridgehead atoms. The average Bonchev–Trinajstić information content (AvgIpc) is 2.51. The van der Waals surface area contributed by atoms with Crippen molar-refractivity contribution in [1.82, 2.24) is 0 Å². The van der Waals surface area contributed by atoms with Crippen LogP contribution in [0.5, 0.6) is 0 Å². The van der Waals surface area contributed by atoms with Gasteiger partial charge in [-0.2, -0.15) is 0 Å². The fourth-order valence-electron chi connectivity index (χ4n) is 1.99. The summed E-state index contributed by atoms with van der Waals surface area (Å²) in [6.07, 6.45) is 2.59. The molecule has 0 amide bonds. The maximum absolute atomic E-state index is 10.9. The summed E-state index contributed by atoms with van der Waals surface area (Å²) in [4.78, 5) is 10.9. The molecular weight excluding hydrogens is 320 g/mol. The molecule has 0 rings (SSSR count). The zero-order valence-corrected chi connectivity index (χ0v) is 17.5. The molecule has 0 saturated heterocycles. The Labute approximate surface area is 148 Å². The van der Waals surface area contributed by atoms with Crippen LogP contribution in [0.3, 0.4) is 0 Å². The summed E-state index contributed by atoms with van der Waals surface area (Å²) in [6, 6.07) is 0. The van der Waals surface area contributed by atoms with Crippen molar-refractivity contribution in [2.75, 3.05) is 13.7 Å². The fourth-order valence-corrected chi connectivity index (χ4v) is 4.33. The summed E-state index contributed by atoms with van der Waals surface area (Å²) < 4.78 is 10.6. The van der Waals surface area contributed by atoms with E-state index in [0.29, 0.717) is 25.4 Å². The van der Waals surface area contributed by atoms with Crippen molar-refractivity contribution in [1.29, 1.82) is 0 Å². The first-order valence-corrected chi connectivity index (χ1v) is 11.4. The Kier molecular flexibility index (Phi) is 9.57. The normalized spacial score (nSPS) is 14.2. The molecule has 0 aromatic rings. The SMILES string of the molecule is COC(=O)C#CCC/C=C(/C)[C@H](O)CO[Si](C)(C)C(C)(C)C(C)C. The van der Waals surface area contributed by atoms with Crippen molar-refractivity contribution in [2.24, 2.45) is 5.92 Å². The van der Waals surface area contributed by atoms with Crippen molar-refractivity contribution in [2.45, 2.75) is 71.7 Å². The largest absolute Gasteiger partial charge is 0.459 e. The number of allylic oxidation sites excluding steroid dienone is 1. The van der Waals surface area contributed by atoms with E-state index in [2.05, 4.69) is 57.4 Å². The predicted octanol–water partition coefficient (Wildman–Crippen LogP) is 3.91. The van der Waals surface area contributed by atoms with Crippen LogP contribution < -0.4 is 0 Å². The molecule has 1 N–H and O–H groups in total. The Bertz CT molecular complexity index is 495. The van der Waals surface area contributed by atoms with E-state index in [0.717, 1.165) is 5.57 Å². The van der Waals surface area contributed by atoms with Gasteiger partial charge in [0.25, 0.3) is 0 Å². The van der Waals surface area contributed by atoms with Crippen LogP contribution in [-0.2, 0) is 14.0 Å². The van der Waals surface area contributed by atoms with Crippen molar-refractivity contribution >= 4 is 14.3 Å². The second-order valence-electron chi connectivity index (χ2n) is 7.49. The van der Waals surface area contributed by atoms with Crippen LogP contribution in [-0.4, -0.2) is 39.2 Å². The van der Waals surface area contributed by atoms with E-state index in [1.807, 2.05) is 13.0 Å². The molecule has 0 aromatic heterocycles. The molecule has 0 radical (unpaired) electrons. The number of unbranched alkanes of at least 4 members (excludes halogenated alkanes) is 1. The van der Waals surface area contributed by atoms with Crippen molar-refractivity contribution in [3.8, 4) is 11.8 Å². The maximum atomic E-state index is 10.9. The summed E-state index contributed by atoms with van der Waals surface area (Å²) in [7, 11) is -0.616. The first kappa shape index (κ1) is 22.9. The van der Waals surface area contributed by atoms with Crippen LogP contribution in [0.15, 0.2) is 11.6 Å². The third-order valence-electron chi connectivity index (χ3n) is 5.23. The van der Waals surface area contributed by atoms with Gasteiger partial charge in [-0.25, -0.2) is 4.79 Å². The molecule has 0 unspecified atom stereocenters. The third-order valence-corrected chi connectivity index (χ3v) is 9.80. The van der Waals surface area contributed by atoms with Crippen LogP contribution in [0.4, 0.5) is 0 Å². The van der Waals surface area contributed by atoms with Gasteiger partial charge in [0.1, 0.15) is 0 Å². The van der Waals surface area contributed by atoms with Gasteiger partial charge in [-0.05, 0) is 43.0 Å². The quantitative estimate of drug-likeness (QED) is 0.179. The monoisotopic (exact) mass is 354 g/mol. The van der Waals surface area contributed by atoms with Crippen LogP contribution in [0.1, 0.15) is 47.5 Å². The summed E-state index contributed by atoms with van der Waals surface area (Å²) in [5, 5.41) is 10.4. The van der Waals surface area contributed by atoms with Crippen LogP contribution in [0.2, 0.25) is 18.1 Å². The Balaban J connectivity index is 4.49. The molecule has 0 spiro atoms. The van der Waals surface area contributed by atoms with E-state index in [4.69, 9.17) is 4.43 Å². The van der Waals surface area contributed by atoms with Gasteiger partial charge >= 0.3 is 5.97 Å². The summed E-state index contributed by atoms with van der Waals surface area (Å²) in [5.74, 6) is 5.13. The van der Waals surface area contributed by atoms with Gasteiger partial charge in [0.05, 0.1) is 19.8 Å². The number of methoxy groups -OCH3 is 1.